The van der Waals surface area contributed by atoms with Crippen LogP contribution < -0.4 is 0 Å². The molecule has 0 radical (unpaired) electrons. The zero-order chi connectivity index (χ0) is 13.7. The summed E-state index contributed by atoms with van der Waals surface area (Å²) in [6, 6.07) is 0. The van der Waals surface area contributed by atoms with Gasteiger partial charge in [0.2, 0.25) is 0 Å². The van der Waals surface area contributed by atoms with Gasteiger partial charge in [-0.2, -0.15) is 0 Å². The van der Waals surface area contributed by atoms with Gasteiger partial charge in [0.05, 0.1) is 5.60 Å². The first-order chi connectivity index (χ1) is 9.12. The SMILES string of the molecule is CCOCCCn1ccnc1[C@H]1CCOC(C)(C)C1. The third kappa shape index (κ3) is 4.05. The molecule has 1 fully saturated rings. The zero-order valence-corrected chi connectivity index (χ0v) is 12.4. The first-order valence-electron chi connectivity index (χ1n) is 7.35. The van der Waals surface area contributed by atoms with Crippen molar-refractivity contribution in [2.75, 3.05) is 19.8 Å². The molecule has 0 aliphatic carbocycles. The zero-order valence-electron chi connectivity index (χ0n) is 12.4. The van der Waals surface area contributed by atoms with Crippen molar-refractivity contribution < 1.29 is 9.47 Å². The van der Waals surface area contributed by atoms with E-state index in [1.807, 2.05) is 13.1 Å². The number of nitrogens with zero attached hydrogens (tertiary/aromatic N) is 2. The van der Waals surface area contributed by atoms with Crippen molar-refractivity contribution >= 4 is 0 Å². The lowest BCUT2D eigenvalue weighted by Crippen LogP contribution is -2.34. The number of rotatable bonds is 6. The minimum Gasteiger partial charge on any atom is -0.382 e. The molecule has 4 heteroatoms. The van der Waals surface area contributed by atoms with Gasteiger partial charge >= 0.3 is 0 Å². The van der Waals surface area contributed by atoms with E-state index in [-0.39, 0.29) is 5.60 Å². The Bertz CT molecular complexity index is 387. The summed E-state index contributed by atoms with van der Waals surface area (Å²) in [5, 5.41) is 0. The summed E-state index contributed by atoms with van der Waals surface area (Å²) in [4.78, 5) is 4.57. The molecule has 1 aromatic rings. The summed E-state index contributed by atoms with van der Waals surface area (Å²) in [5.41, 5.74) is -0.0228. The highest BCUT2D eigenvalue weighted by atomic mass is 16.5. The molecule has 108 valence electrons. The number of hydrogen-bond acceptors (Lipinski definition) is 3. The van der Waals surface area contributed by atoms with Crippen LogP contribution in [0.3, 0.4) is 0 Å². The van der Waals surface area contributed by atoms with Gasteiger partial charge in [-0.1, -0.05) is 0 Å². The molecule has 0 bridgehead atoms. The van der Waals surface area contributed by atoms with E-state index >= 15 is 0 Å². The van der Waals surface area contributed by atoms with Crippen molar-refractivity contribution in [3.05, 3.63) is 18.2 Å². The van der Waals surface area contributed by atoms with Crippen molar-refractivity contribution in [3.8, 4) is 0 Å². The van der Waals surface area contributed by atoms with Crippen molar-refractivity contribution in [1.29, 1.82) is 0 Å². The molecule has 19 heavy (non-hydrogen) atoms. The summed E-state index contributed by atoms with van der Waals surface area (Å²) in [6.45, 7) is 9.82. The Kier molecular flexibility index (Phi) is 4.99. The Morgan fingerprint density at radius 3 is 3.11 bits per heavy atom. The highest BCUT2D eigenvalue weighted by molar-refractivity contribution is 5.04. The minimum absolute atomic E-state index is 0.0228. The predicted octanol–water partition coefficient (Wildman–Crippen LogP) is 2.98. The van der Waals surface area contributed by atoms with Crippen LogP contribution in [-0.4, -0.2) is 35.0 Å². The van der Waals surface area contributed by atoms with E-state index in [0.717, 1.165) is 45.6 Å². The van der Waals surface area contributed by atoms with Crippen LogP contribution in [0.5, 0.6) is 0 Å². The van der Waals surface area contributed by atoms with Crippen molar-refractivity contribution in [3.63, 3.8) is 0 Å². The van der Waals surface area contributed by atoms with Crippen LogP contribution in [0.2, 0.25) is 0 Å². The fourth-order valence-electron chi connectivity index (χ4n) is 2.80. The van der Waals surface area contributed by atoms with Gasteiger partial charge in [-0.3, -0.25) is 0 Å². The van der Waals surface area contributed by atoms with E-state index < -0.39 is 0 Å². The maximum Gasteiger partial charge on any atom is 0.111 e. The van der Waals surface area contributed by atoms with Gasteiger partial charge in [0.1, 0.15) is 5.82 Å². The molecule has 1 aromatic heterocycles. The van der Waals surface area contributed by atoms with Crippen molar-refractivity contribution in [1.82, 2.24) is 9.55 Å². The van der Waals surface area contributed by atoms with E-state index in [0.29, 0.717) is 5.92 Å². The fourth-order valence-corrected chi connectivity index (χ4v) is 2.80. The third-order valence-electron chi connectivity index (χ3n) is 3.70. The molecular weight excluding hydrogens is 240 g/mol. The smallest absolute Gasteiger partial charge is 0.111 e. The molecule has 1 aliphatic rings. The van der Waals surface area contributed by atoms with Gasteiger partial charge in [-0.25, -0.2) is 4.98 Å². The van der Waals surface area contributed by atoms with Crippen molar-refractivity contribution in [2.45, 2.75) is 58.1 Å². The number of aromatic nitrogens is 2. The number of ether oxygens (including phenoxy) is 2. The lowest BCUT2D eigenvalue weighted by Gasteiger charge is -2.35. The van der Waals surface area contributed by atoms with Crippen LogP contribution in [0.1, 0.15) is 51.8 Å². The van der Waals surface area contributed by atoms with Crippen LogP contribution in [0.4, 0.5) is 0 Å². The average Bonchev–Trinajstić information content (AvgIpc) is 2.82. The first-order valence-corrected chi connectivity index (χ1v) is 7.35. The molecule has 1 saturated heterocycles. The fraction of sp³-hybridized carbons (Fsp3) is 0.800. The van der Waals surface area contributed by atoms with Crippen molar-refractivity contribution in [2.24, 2.45) is 0 Å². The number of hydrogen-bond donors (Lipinski definition) is 0. The molecule has 0 N–H and O–H groups in total. The summed E-state index contributed by atoms with van der Waals surface area (Å²) in [6.07, 6.45) is 7.17. The Morgan fingerprint density at radius 1 is 1.53 bits per heavy atom. The second kappa shape index (κ2) is 6.53. The van der Waals surface area contributed by atoms with Crippen LogP contribution in [0, 0.1) is 0 Å². The van der Waals surface area contributed by atoms with E-state index in [2.05, 4.69) is 29.6 Å². The Balaban J connectivity index is 1.94. The molecule has 0 aromatic carbocycles. The number of aryl methyl sites for hydroxylation is 1. The lowest BCUT2D eigenvalue weighted by atomic mass is 9.88. The maximum atomic E-state index is 5.79. The molecular formula is C15H26N2O2. The van der Waals surface area contributed by atoms with E-state index in [1.165, 1.54) is 5.82 Å². The molecule has 0 unspecified atom stereocenters. The quantitative estimate of drug-likeness (QED) is 0.743. The molecule has 0 saturated carbocycles. The summed E-state index contributed by atoms with van der Waals surface area (Å²) < 4.78 is 13.5. The molecule has 2 rings (SSSR count). The lowest BCUT2D eigenvalue weighted by molar-refractivity contribution is -0.0606. The largest absolute Gasteiger partial charge is 0.382 e. The Hall–Kier alpha value is -0.870. The monoisotopic (exact) mass is 266 g/mol. The number of imidazole rings is 1. The molecule has 2 heterocycles. The minimum atomic E-state index is -0.0228. The second-order valence-electron chi connectivity index (χ2n) is 5.83. The molecule has 1 aliphatic heterocycles. The van der Waals surface area contributed by atoms with Gasteiger partial charge < -0.3 is 14.0 Å². The third-order valence-corrected chi connectivity index (χ3v) is 3.70. The van der Waals surface area contributed by atoms with Gasteiger partial charge in [0.15, 0.2) is 0 Å². The van der Waals surface area contributed by atoms with Gasteiger partial charge in [-0.15, -0.1) is 0 Å². The topological polar surface area (TPSA) is 36.3 Å². The van der Waals surface area contributed by atoms with Crippen LogP contribution in [0.25, 0.3) is 0 Å². The molecule has 1 atom stereocenters. The van der Waals surface area contributed by atoms with Crippen LogP contribution in [-0.2, 0) is 16.0 Å². The summed E-state index contributed by atoms with van der Waals surface area (Å²) in [5.74, 6) is 1.73. The standard InChI is InChI=1S/C15H26N2O2/c1-4-18-10-5-8-17-9-7-16-14(17)13-6-11-19-15(2,3)12-13/h7,9,13H,4-6,8,10-12H2,1-3H3/t13-/m0/s1. The highest BCUT2D eigenvalue weighted by Gasteiger charge is 2.31. The van der Waals surface area contributed by atoms with Gasteiger partial charge in [-0.05, 0) is 40.0 Å². The second-order valence-corrected chi connectivity index (χ2v) is 5.83. The first kappa shape index (κ1) is 14.5. The normalized spacial score (nSPS) is 22.6. The van der Waals surface area contributed by atoms with E-state index in [1.54, 1.807) is 0 Å². The van der Waals surface area contributed by atoms with Gasteiger partial charge in [0.25, 0.3) is 0 Å². The van der Waals surface area contributed by atoms with E-state index in [4.69, 9.17) is 9.47 Å². The molecule has 4 nitrogen and oxygen atoms in total. The summed E-state index contributed by atoms with van der Waals surface area (Å²) in [7, 11) is 0. The average molecular weight is 266 g/mol. The summed E-state index contributed by atoms with van der Waals surface area (Å²) >= 11 is 0. The van der Waals surface area contributed by atoms with Crippen LogP contribution in [0.15, 0.2) is 12.4 Å². The van der Waals surface area contributed by atoms with Gasteiger partial charge in [0, 0.05) is 44.7 Å². The Morgan fingerprint density at radius 2 is 2.37 bits per heavy atom. The molecule has 0 spiro atoms. The maximum absolute atomic E-state index is 5.79. The Labute approximate surface area is 116 Å². The van der Waals surface area contributed by atoms with Crippen LogP contribution >= 0.6 is 0 Å². The predicted molar refractivity (Wildman–Crippen MR) is 75.3 cm³/mol. The molecule has 0 amide bonds. The van der Waals surface area contributed by atoms with E-state index in [9.17, 15) is 0 Å². The highest BCUT2D eigenvalue weighted by Crippen LogP contribution is 2.34.